The Morgan fingerprint density at radius 2 is 2.00 bits per heavy atom. The molecule has 0 heterocycles. The van der Waals surface area contributed by atoms with Crippen molar-refractivity contribution in [1.29, 1.82) is 0 Å². The predicted octanol–water partition coefficient (Wildman–Crippen LogP) is 2.42. The van der Waals surface area contributed by atoms with Gasteiger partial charge in [-0.25, -0.2) is 4.39 Å². The van der Waals surface area contributed by atoms with E-state index in [2.05, 4.69) is 0 Å². The van der Waals surface area contributed by atoms with Crippen LogP contribution in [0.3, 0.4) is 0 Å². The van der Waals surface area contributed by atoms with Crippen molar-refractivity contribution < 1.29 is 8.82 Å². The molecule has 0 spiro atoms. The van der Waals surface area contributed by atoms with Crippen LogP contribution < -0.4 is 0 Å². The summed E-state index contributed by atoms with van der Waals surface area (Å²) in [6.45, 7) is 3.67. The Morgan fingerprint density at radius 3 is 2.58 bits per heavy atom. The van der Waals surface area contributed by atoms with Gasteiger partial charge in [0.05, 0.1) is 5.56 Å². The largest absolute Gasteiger partial charge is 0.315 e. The van der Waals surface area contributed by atoms with Gasteiger partial charge in [-0.05, 0) is 25.5 Å². The van der Waals surface area contributed by atoms with Crippen molar-refractivity contribution in [3.05, 3.63) is 34.6 Å². The van der Waals surface area contributed by atoms with Crippen molar-refractivity contribution in [2.24, 2.45) is 0 Å². The number of rotatable bonds is 1. The second-order valence-corrected chi connectivity index (χ2v) is 2.76. The molecule has 2 heteroatoms. The van der Waals surface area contributed by atoms with Crippen LogP contribution in [0.25, 0.3) is 0 Å². The minimum atomic E-state index is -0.191. The smallest absolute Gasteiger partial charge is 0.265 e. The molecule has 1 rings (SSSR count). The molecule has 0 aromatic heterocycles. The highest BCUT2D eigenvalue weighted by molar-refractivity contribution is 5.79. The molecule has 0 N–H and O–H groups in total. The Morgan fingerprint density at radius 1 is 1.33 bits per heavy atom. The zero-order chi connectivity index (χ0) is 9.14. The van der Waals surface area contributed by atoms with E-state index >= 15 is 0 Å². The first-order chi connectivity index (χ1) is 5.66. The van der Waals surface area contributed by atoms with E-state index in [0.29, 0.717) is 5.56 Å². The van der Waals surface area contributed by atoms with E-state index in [0.717, 1.165) is 11.1 Å². The van der Waals surface area contributed by atoms with E-state index in [9.17, 15) is 4.39 Å². The fourth-order valence-electron chi connectivity index (χ4n) is 1.14. The average molecular weight is 167 g/mol. The maximum Gasteiger partial charge on any atom is 0.315 e. The van der Waals surface area contributed by atoms with Gasteiger partial charge >= 0.3 is 6.29 Å². The highest BCUT2D eigenvalue weighted by Gasteiger charge is 2.08. The monoisotopic (exact) mass is 167 g/mol. The number of hydrogen-bond acceptors (Lipinski definition) is 0. The molecule has 0 fully saturated rings. The third-order valence-electron chi connectivity index (χ3n) is 1.90. The highest BCUT2D eigenvalue weighted by Crippen LogP contribution is 2.14. The summed E-state index contributed by atoms with van der Waals surface area (Å²) in [6.07, 6.45) is 1.56. The van der Waals surface area contributed by atoms with Crippen molar-refractivity contribution in [2.45, 2.75) is 13.8 Å². The molecule has 0 radical (unpaired) electrons. The second kappa shape index (κ2) is 3.48. The van der Waals surface area contributed by atoms with E-state index in [1.807, 2.05) is 6.92 Å². The van der Waals surface area contributed by atoms with Gasteiger partial charge in [0.1, 0.15) is 5.82 Å². The Balaban J connectivity index is 3.32. The van der Waals surface area contributed by atoms with Gasteiger partial charge in [0.2, 0.25) is 0 Å². The lowest BCUT2D eigenvalue weighted by Gasteiger charge is -2.00. The number of aldehydes is 1. The van der Waals surface area contributed by atoms with Gasteiger partial charge in [0.15, 0.2) is 0 Å². The molecule has 0 amide bonds. The maximum absolute atomic E-state index is 13.0. The molecule has 12 heavy (non-hydrogen) atoms. The Hall–Kier alpha value is -1.18. The fraction of sp³-hybridized carbons (Fsp3) is 0.300. The molecule has 1 aromatic carbocycles. The van der Waals surface area contributed by atoms with E-state index in [1.165, 1.54) is 6.07 Å². The SMILES string of the molecule is C[O+]=Cc1c(C)ccc(F)c1C. The molecule has 0 bridgehead atoms. The Bertz CT molecular complexity index is 316. The van der Waals surface area contributed by atoms with E-state index in [4.69, 9.17) is 4.42 Å². The van der Waals surface area contributed by atoms with Gasteiger partial charge in [0.25, 0.3) is 7.11 Å². The van der Waals surface area contributed by atoms with E-state index in [-0.39, 0.29) is 5.82 Å². The third-order valence-corrected chi connectivity index (χ3v) is 1.90. The van der Waals surface area contributed by atoms with Crippen LogP contribution in [0.2, 0.25) is 0 Å². The molecule has 0 unspecified atom stereocenters. The summed E-state index contributed by atoms with van der Waals surface area (Å²) >= 11 is 0. The predicted molar refractivity (Wildman–Crippen MR) is 47.2 cm³/mol. The first-order valence-corrected chi connectivity index (χ1v) is 3.78. The molecule has 0 aliphatic rings. The summed E-state index contributed by atoms with van der Waals surface area (Å²) in [5.41, 5.74) is 2.49. The van der Waals surface area contributed by atoms with Gasteiger partial charge in [0, 0.05) is 5.56 Å². The minimum absolute atomic E-state index is 0.191. The second-order valence-electron chi connectivity index (χ2n) is 2.76. The van der Waals surface area contributed by atoms with E-state index < -0.39 is 0 Å². The number of hydrogen-bond donors (Lipinski definition) is 0. The van der Waals surface area contributed by atoms with Crippen molar-refractivity contribution in [3.8, 4) is 0 Å². The van der Waals surface area contributed by atoms with Gasteiger partial charge in [-0.3, -0.25) is 4.42 Å². The normalized spacial score (nSPS) is 11.0. The summed E-state index contributed by atoms with van der Waals surface area (Å²) < 4.78 is 17.9. The Labute approximate surface area is 71.5 Å². The third kappa shape index (κ3) is 1.52. The van der Waals surface area contributed by atoms with Crippen LogP contribution in [-0.2, 0) is 0 Å². The quantitative estimate of drug-likeness (QED) is 0.449. The lowest BCUT2D eigenvalue weighted by atomic mass is 10.0. The van der Waals surface area contributed by atoms with Crippen LogP contribution in [0.15, 0.2) is 12.1 Å². The van der Waals surface area contributed by atoms with Crippen LogP contribution in [-0.4, -0.2) is 13.4 Å². The molecule has 0 atom stereocenters. The first kappa shape index (κ1) is 8.91. The van der Waals surface area contributed by atoms with Gasteiger partial charge < -0.3 is 0 Å². The zero-order valence-electron chi connectivity index (χ0n) is 7.52. The van der Waals surface area contributed by atoms with Crippen molar-refractivity contribution in [2.75, 3.05) is 7.11 Å². The number of aryl methyl sites for hydroxylation is 1. The van der Waals surface area contributed by atoms with Crippen molar-refractivity contribution in [3.63, 3.8) is 0 Å². The van der Waals surface area contributed by atoms with Gasteiger partial charge in [-0.1, -0.05) is 6.07 Å². The fourth-order valence-corrected chi connectivity index (χ4v) is 1.14. The molecule has 1 nitrogen and oxygen atoms in total. The highest BCUT2D eigenvalue weighted by atomic mass is 19.1. The van der Waals surface area contributed by atoms with Crippen molar-refractivity contribution in [1.82, 2.24) is 0 Å². The number of carbonyl (C=O) groups excluding carboxylic acids is 1. The zero-order valence-corrected chi connectivity index (χ0v) is 7.52. The number of halogens is 1. The summed E-state index contributed by atoms with van der Waals surface area (Å²) in [5.74, 6) is -0.191. The average Bonchev–Trinajstić information content (AvgIpc) is 2.06. The summed E-state index contributed by atoms with van der Waals surface area (Å²) in [4.78, 5) is 0. The standard InChI is InChI=1S/C10H12FO/c1-7-4-5-10(11)8(2)9(7)6-12-3/h4-6H,1-3H3/q+1. The lowest BCUT2D eigenvalue weighted by molar-refractivity contribution is -0.217. The van der Waals surface area contributed by atoms with Gasteiger partial charge in [-0.15, -0.1) is 0 Å². The molecule has 64 valence electrons. The topological polar surface area (TPSA) is 11.3 Å². The summed E-state index contributed by atoms with van der Waals surface area (Å²) in [7, 11) is 1.56. The van der Waals surface area contributed by atoms with E-state index in [1.54, 1.807) is 26.4 Å². The molecule has 0 aliphatic carbocycles. The molecule has 0 aliphatic heterocycles. The molecule has 1 aromatic rings. The minimum Gasteiger partial charge on any atom is -0.265 e. The summed E-state index contributed by atoms with van der Waals surface area (Å²) in [6, 6.07) is 3.21. The number of benzene rings is 1. The Kier molecular flexibility index (Phi) is 2.58. The van der Waals surface area contributed by atoms with Crippen molar-refractivity contribution >= 4 is 6.29 Å². The van der Waals surface area contributed by atoms with Crippen LogP contribution in [0, 0.1) is 19.7 Å². The lowest BCUT2D eigenvalue weighted by Crippen LogP contribution is -1.95. The van der Waals surface area contributed by atoms with Crippen LogP contribution in [0.4, 0.5) is 4.39 Å². The maximum atomic E-state index is 13.0. The van der Waals surface area contributed by atoms with Crippen LogP contribution in [0.1, 0.15) is 21.1 Å². The van der Waals surface area contributed by atoms with Crippen LogP contribution >= 0.6 is 0 Å². The van der Waals surface area contributed by atoms with Gasteiger partial charge in [-0.2, -0.15) is 0 Å². The molecule has 0 saturated heterocycles. The molecular weight excluding hydrogens is 155 g/mol. The molecular formula is C10H12FO+. The van der Waals surface area contributed by atoms with Crippen LogP contribution in [0.5, 0.6) is 0 Å². The first-order valence-electron chi connectivity index (χ1n) is 3.78. The molecule has 0 saturated carbocycles. The summed E-state index contributed by atoms with van der Waals surface area (Å²) in [5, 5.41) is 0.